The third kappa shape index (κ3) is 2.62. The number of nitrogens with one attached hydrogen (secondary N) is 2. The third-order valence-corrected chi connectivity index (χ3v) is 3.09. The van der Waals surface area contributed by atoms with Crippen LogP contribution in [0.4, 0.5) is 5.69 Å². The normalized spacial score (nSPS) is 12.0. The van der Waals surface area contributed by atoms with Crippen molar-refractivity contribution in [1.29, 1.82) is 0 Å². The minimum absolute atomic E-state index is 0.223. The Labute approximate surface area is 116 Å². The molecule has 2 heterocycles. The molecule has 106 valence electrons. The maximum Gasteiger partial charge on any atom is 0.255 e. The zero-order chi connectivity index (χ0) is 14.7. The highest BCUT2D eigenvalue weighted by Crippen LogP contribution is 2.22. The summed E-state index contributed by atoms with van der Waals surface area (Å²) in [5, 5.41) is 6.76. The van der Waals surface area contributed by atoms with Crippen LogP contribution in [0.1, 0.15) is 40.3 Å². The van der Waals surface area contributed by atoms with E-state index < -0.39 is 0 Å². The van der Waals surface area contributed by atoms with E-state index in [-0.39, 0.29) is 11.9 Å². The molecule has 0 bridgehead atoms. The summed E-state index contributed by atoms with van der Waals surface area (Å²) in [6.45, 7) is 5.52. The van der Waals surface area contributed by atoms with Gasteiger partial charge in [-0.15, -0.1) is 0 Å². The number of carbonyl (C=O) groups excluding carboxylic acids is 1. The standard InChI is InChI=1S/C13H17N5O2/c1-7(12-8(2)18-20-9(12)3)16-13(19)10-6-15-5-4-11(10)17-14/h4-7H,14H2,1-3H3,(H,15,17)(H,16,19). The van der Waals surface area contributed by atoms with Gasteiger partial charge in [-0.3, -0.25) is 15.6 Å². The van der Waals surface area contributed by atoms with Crippen LogP contribution in [0, 0.1) is 13.8 Å². The van der Waals surface area contributed by atoms with Gasteiger partial charge in [0.15, 0.2) is 0 Å². The number of nitrogen functional groups attached to an aromatic ring is 1. The molecule has 0 aliphatic rings. The first-order valence-corrected chi connectivity index (χ1v) is 6.18. The number of pyridine rings is 1. The minimum atomic E-state index is -0.265. The van der Waals surface area contributed by atoms with Crippen LogP contribution in [0.15, 0.2) is 23.0 Å². The van der Waals surface area contributed by atoms with Gasteiger partial charge in [0, 0.05) is 18.0 Å². The second kappa shape index (κ2) is 5.70. The van der Waals surface area contributed by atoms with Gasteiger partial charge in [0.05, 0.1) is 23.0 Å². The van der Waals surface area contributed by atoms with Crippen LogP contribution in [0.25, 0.3) is 0 Å². The molecule has 2 rings (SSSR count). The average Bonchev–Trinajstić information content (AvgIpc) is 2.78. The summed E-state index contributed by atoms with van der Waals surface area (Å²) in [6.07, 6.45) is 3.02. The van der Waals surface area contributed by atoms with E-state index in [9.17, 15) is 4.79 Å². The van der Waals surface area contributed by atoms with E-state index in [4.69, 9.17) is 10.4 Å². The van der Waals surface area contributed by atoms with Gasteiger partial charge in [-0.05, 0) is 26.8 Å². The molecule has 0 spiro atoms. The van der Waals surface area contributed by atoms with Crippen molar-refractivity contribution in [3.05, 3.63) is 41.0 Å². The number of hydrazine groups is 1. The second-order valence-electron chi connectivity index (χ2n) is 4.50. The molecule has 2 aromatic rings. The highest BCUT2D eigenvalue weighted by molar-refractivity contribution is 5.99. The lowest BCUT2D eigenvalue weighted by Crippen LogP contribution is -2.28. The topological polar surface area (TPSA) is 106 Å². The predicted molar refractivity (Wildman–Crippen MR) is 73.9 cm³/mol. The van der Waals surface area contributed by atoms with Crippen LogP contribution < -0.4 is 16.6 Å². The summed E-state index contributed by atoms with van der Waals surface area (Å²) in [5.41, 5.74) is 5.02. The lowest BCUT2D eigenvalue weighted by atomic mass is 10.1. The van der Waals surface area contributed by atoms with Crippen molar-refractivity contribution < 1.29 is 9.32 Å². The number of hydrogen-bond acceptors (Lipinski definition) is 6. The lowest BCUT2D eigenvalue weighted by molar-refractivity contribution is 0.0940. The molecular formula is C13H17N5O2. The molecule has 7 nitrogen and oxygen atoms in total. The van der Waals surface area contributed by atoms with Crippen molar-refractivity contribution in [3.8, 4) is 0 Å². The van der Waals surface area contributed by atoms with Gasteiger partial charge in [0.25, 0.3) is 5.91 Å². The number of aromatic nitrogens is 2. The number of nitrogens with two attached hydrogens (primary N) is 1. The van der Waals surface area contributed by atoms with Crippen LogP contribution >= 0.6 is 0 Å². The molecule has 1 unspecified atom stereocenters. The van der Waals surface area contributed by atoms with Crippen molar-refractivity contribution in [3.63, 3.8) is 0 Å². The Hall–Kier alpha value is -2.41. The molecule has 0 saturated carbocycles. The first-order chi connectivity index (χ1) is 9.54. The SMILES string of the molecule is Cc1noc(C)c1C(C)NC(=O)c1cnccc1NN. The molecule has 2 aromatic heterocycles. The van der Waals surface area contributed by atoms with Crippen molar-refractivity contribution in [2.75, 3.05) is 5.43 Å². The Kier molecular flexibility index (Phi) is 3.99. The Bertz CT molecular complexity index is 603. The molecule has 0 aliphatic carbocycles. The summed E-state index contributed by atoms with van der Waals surface area (Å²) in [4.78, 5) is 16.2. The Morgan fingerprint density at radius 2 is 2.20 bits per heavy atom. The van der Waals surface area contributed by atoms with Crippen LogP contribution in [0.2, 0.25) is 0 Å². The molecular weight excluding hydrogens is 258 g/mol. The fourth-order valence-electron chi connectivity index (χ4n) is 2.16. The largest absolute Gasteiger partial charge is 0.361 e. The molecule has 7 heteroatoms. The summed E-state index contributed by atoms with van der Waals surface area (Å²) in [7, 11) is 0. The van der Waals surface area contributed by atoms with Gasteiger partial charge in [0.1, 0.15) is 5.76 Å². The molecule has 20 heavy (non-hydrogen) atoms. The van der Waals surface area contributed by atoms with Crippen molar-refractivity contribution in [2.24, 2.45) is 5.84 Å². The van der Waals surface area contributed by atoms with E-state index in [1.807, 2.05) is 20.8 Å². The summed E-state index contributed by atoms with van der Waals surface area (Å²) >= 11 is 0. The predicted octanol–water partition coefficient (Wildman–Crippen LogP) is 1.46. The Morgan fingerprint density at radius 3 is 2.80 bits per heavy atom. The highest BCUT2D eigenvalue weighted by Gasteiger charge is 2.20. The van der Waals surface area contributed by atoms with E-state index in [0.29, 0.717) is 17.0 Å². The molecule has 0 fully saturated rings. The van der Waals surface area contributed by atoms with Crippen LogP contribution in [0.5, 0.6) is 0 Å². The summed E-state index contributed by atoms with van der Waals surface area (Å²) in [5.74, 6) is 5.81. The van der Waals surface area contributed by atoms with E-state index in [2.05, 4.69) is 20.9 Å². The van der Waals surface area contributed by atoms with Gasteiger partial charge >= 0.3 is 0 Å². The van der Waals surface area contributed by atoms with E-state index in [1.165, 1.54) is 6.20 Å². The molecule has 0 aliphatic heterocycles. The van der Waals surface area contributed by atoms with Gasteiger partial charge < -0.3 is 15.3 Å². The summed E-state index contributed by atoms with van der Waals surface area (Å²) in [6, 6.07) is 1.41. The van der Waals surface area contributed by atoms with Crippen LogP contribution in [0.3, 0.4) is 0 Å². The maximum atomic E-state index is 12.3. The smallest absolute Gasteiger partial charge is 0.255 e. The molecule has 0 saturated heterocycles. The number of nitrogens with zero attached hydrogens (tertiary/aromatic N) is 2. The average molecular weight is 275 g/mol. The monoisotopic (exact) mass is 275 g/mol. The zero-order valence-electron chi connectivity index (χ0n) is 11.6. The van der Waals surface area contributed by atoms with Gasteiger partial charge in [-0.25, -0.2) is 0 Å². The zero-order valence-corrected chi connectivity index (χ0v) is 11.6. The molecule has 0 radical (unpaired) electrons. The van der Waals surface area contributed by atoms with Crippen molar-refractivity contribution >= 4 is 11.6 Å². The Balaban J connectivity index is 2.20. The number of rotatable bonds is 4. The number of hydrogen-bond donors (Lipinski definition) is 3. The van der Waals surface area contributed by atoms with Gasteiger partial charge in [-0.1, -0.05) is 5.16 Å². The second-order valence-corrected chi connectivity index (χ2v) is 4.50. The number of anilines is 1. The summed E-state index contributed by atoms with van der Waals surface area (Å²) < 4.78 is 5.10. The molecule has 0 aromatic carbocycles. The molecule has 1 amide bonds. The maximum absolute atomic E-state index is 12.3. The van der Waals surface area contributed by atoms with Crippen molar-refractivity contribution in [1.82, 2.24) is 15.5 Å². The van der Waals surface area contributed by atoms with Gasteiger partial charge in [-0.2, -0.15) is 0 Å². The lowest BCUT2D eigenvalue weighted by Gasteiger charge is -2.15. The van der Waals surface area contributed by atoms with Crippen LogP contribution in [-0.4, -0.2) is 16.0 Å². The first-order valence-electron chi connectivity index (χ1n) is 6.18. The fourth-order valence-corrected chi connectivity index (χ4v) is 2.16. The molecule has 1 atom stereocenters. The third-order valence-electron chi connectivity index (χ3n) is 3.09. The van der Waals surface area contributed by atoms with E-state index in [0.717, 1.165) is 11.3 Å². The quantitative estimate of drug-likeness (QED) is 0.576. The van der Waals surface area contributed by atoms with Crippen molar-refractivity contribution in [2.45, 2.75) is 26.8 Å². The first kappa shape index (κ1) is 14.0. The van der Waals surface area contributed by atoms with E-state index >= 15 is 0 Å². The highest BCUT2D eigenvalue weighted by atomic mass is 16.5. The van der Waals surface area contributed by atoms with Crippen LogP contribution in [-0.2, 0) is 0 Å². The minimum Gasteiger partial charge on any atom is -0.361 e. The fraction of sp³-hybridized carbons (Fsp3) is 0.308. The Morgan fingerprint density at radius 1 is 1.45 bits per heavy atom. The number of carbonyl (C=O) groups is 1. The number of aryl methyl sites for hydroxylation is 2. The van der Waals surface area contributed by atoms with E-state index in [1.54, 1.807) is 12.3 Å². The molecule has 4 N–H and O–H groups in total. The van der Waals surface area contributed by atoms with Gasteiger partial charge in [0.2, 0.25) is 0 Å². The number of amides is 1.